The Bertz CT molecular complexity index is 616. The molecule has 128 valence electrons. The first-order valence-electron chi connectivity index (χ1n) is 8.25. The molecule has 1 saturated heterocycles. The van der Waals surface area contributed by atoms with Crippen LogP contribution in [-0.4, -0.2) is 53.4 Å². The van der Waals surface area contributed by atoms with E-state index in [1.807, 2.05) is 40.1 Å². The molecule has 24 heavy (non-hydrogen) atoms. The predicted molar refractivity (Wildman–Crippen MR) is 87.7 cm³/mol. The van der Waals surface area contributed by atoms with Gasteiger partial charge in [0.1, 0.15) is 0 Å². The summed E-state index contributed by atoms with van der Waals surface area (Å²) in [5.41, 5.74) is 0.968. The number of rotatable bonds is 6. The number of benzene rings is 1. The number of hydrogen-bond acceptors (Lipinski definition) is 4. The van der Waals surface area contributed by atoms with Crippen molar-refractivity contribution in [1.29, 1.82) is 0 Å². The van der Waals surface area contributed by atoms with Crippen molar-refractivity contribution >= 4 is 17.8 Å². The first-order chi connectivity index (χ1) is 11.6. The van der Waals surface area contributed by atoms with E-state index in [2.05, 4.69) is 10.6 Å². The zero-order chi connectivity index (χ0) is 16.9. The predicted octanol–water partition coefficient (Wildman–Crippen LogP) is 0.667. The summed E-state index contributed by atoms with van der Waals surface area (Å²) in [5, 5.41) is 4.97. The first kappa shape index (κ1) is 16.4. The second-order valence-corrected chi connectivity index (χ2v) is 6.26. The van der Waals surface area contributed by atoms with Crippen molar-refractivity contribution < 1.29 is 14.4 Å². The van der Waals surface area contributed by atoms with Crippen molar-refractivity contribution in [3.8, 4) is 0 Å². The number of hydrogen-bond donors (Lipinski definition) is 2. The Balaban J connectivity index is 1.33. The third-order valence-corrected chi connectivity index (χ3v) is 4.22. The highest BCUT2D eigenvalue weighted by Crippen LogP contribution is 2.29. The molecule has 0 bridgehead atoms. The molecule has 1 heterocycles. The van der Waals surface area contributed by atoms with Gasteiger partial charge in [-0.1, -0.05) is 30.3 Å². The summed E-state index contributed by atoms with van der Waals surface area (Å²) in [6.45, 7) is 1.81. The molecule has 2 aliphatic rings. The minimum Gasteiger partial charge on any atom is -0.334 e. The van der Waals surface area contributed by atoms with Gasteiger partial charge in [-0.3, -0.25) is 19.8 Å². The lowest BCUT2D eigenvalue weighted by molar-refractivity contribution is -0.127. The minimum atomic E-state index is -0.499. The standard InChI is InChI=1S/C17H22N4O3/c22-15(19-17(24)18-10-13-4-2-1-3-5-13)8-9-20-11-16(23)21(12-20)14-6-7-14/h1-5,14H,6-12H2,(H2,18,19,22,24). The lowest BCUT2D eigenvalue weighted by atomic mass is 10.2. The molecular weight excluding hydrogens is 308 g/mol. The van der Waals surface area contributed by atoms with E-state index in [0.29, 0.717) is 32.3 Å². The van der Waals surface area contributed by atoms with Crippen LogP contribution >= 0.6 is 0 Å². The molecular formula is C17H22N4O3. The zero-order valence-corrected chi connectivity index (χ0v) is 13.5. The van der Waals surface area contributed by atoms with Crippen LogP contribution in [0.1, 0.15) is 24.8 Å². The maximum Gasteiger partial charge on any atom is 0.321 e. The van der Waals surface area contributed by atoms with Gasteiger partial charge in [0.15, 0.2) is 0 Å². The van der Waals surface area contributed by atoms with Gasteiger partial charge in [0.05, 0.1) is 13.2 Å². The lowest BCUT2D eigenvalue weighted by Gasteiger charge is -2.17. The average Bonchev–Trinajstić information content (AvgIpc) is 3.35. The fourth-order valence-electron chi connectivity index (χ4n) is 2.75. The monoisotopic (exact) mass is 330 g/mol. The summed E-state index contributed by atoms with van der Waals surface area (Å²) in [6.07, 6.45) is 2.37. The molecule has 2 N–H and O–H groups in total. The fourth-order valence-corrected chi connectivity index (χ4v) is 2.75. The van der Waals surface area contributed by atoms with Crippen molar-refractivity contribution in [2.45, 2.75) is 31.8 Å². The summed E-state index contributed by atoms with van der Waals surface area (Å²) >= 11 is 0. The van der Waals surface area contributed by atoms with Crippen LogP contribution in [0.5, 0.6) is 0 Å². The minimum absolute atomic E-state index is 0.138. The van der Waals surface area contributed by atoms with Gasteiger partial charge in [0.2, 0.25) is 11.8 Å². The van der Waals surface area contributed by atoms with Gasteiger partial charge in [-0.2, -0.15) is 0 Å². The van der Waals surface area contributed by atoms with Gasteiger partial charge in [0.25, 0.3) is 0 Å². The summed E-state index contributed by atoms with van der Waals surface area (Å²) in [4.78, 5) is 39.2. The third-order valence-electron chi connectivity index (χ3n) is 4.22. The van der Waals surface area contributed by atoms with Crippen LogP contribution in [0.4, 0.5) is 4.79 Å². The molecule has 0 spiro atoms. The number of carbonyl (C=O) groups is 3. The van der Waals surface area contributed by atoms with Crippen LogP contribution in [0.2, 0.25) is 0 Å². The van der Waals surface area contributed by atoms with Crippen molar-refractivity contribution in [1.82, 2.24) is 20.4 Å². The van der Waals surface area contributed by atoms with Crippen LogP contribution in [0.15, 0.2) is 30.3 Å². The van der Waals surface area contributed by atoms with E-state index in [4.69, 9.17) is 0 Å². The second-order valence-electron chi connectivity index (χ2n) is 6.26. The van der Waals surface area contributed by atoms with Crippen molar-refractivity contribution in [3.05, 3.63) is 35.9 Å². The van der Waals surface area contributed by atoms with Gasteiger partial charge in [0, 0.05) is 25.6 Å². The Hall–Kier alpha value is -2.41. The number of amides is 4. The van der Waals surface area contributed by atoms with Crippen LogP contribution < -0.4 is 10.6 Å². The van der Waals surface area contributed by atoms with Crippen molar-refractivity contribution in [2.75, 3.05) is 19.8 Å². The number of urea groups is 1. The van der Waals surface area contributed by atoms with E-state index in [1.165, 1.54) is 0 Å². The molecule has 3 rings (SSSR count). The Labute approximate surface area is 141 Å². The van der Waals surface area contributed by atoms with Crippen LogP contribution in [0.3, 0.4) is 0 Å². The van der Waals surface area contributed by atoms with E-state index >= 15 is 0 Å². The molecule has 1 aromatic rings. The topological polar surface area (TPSA) is 81.8 Å². The number of carbonyl (C=O) groups excluding carboxylic acids is 3. The van der Waals surface area contributed by atoms with Crippen LogP contribution in [-0.2, 0) is 16.1 Å². The molecule has 1 aliphatic carbocycles. The van der Waals surface area contributed by atoms with Crippen LogP contribution in [0, 0.1) is 0 Å². The summed E-state index contributed by atoms with van der Waals surface area (Å²) in [5.74, 6) is -0.198. The molecule has 7 heteroatoms. The maximum absolute atomic E-state index is 11.8. The van der Waals surface area contributed by atoms with Gasteiger partial charge < -0.3 is 10.2 Å². The average molecular weight is 330 g/mol. The third kappa shape index (κ3) is 4.55. The quantitative estimate of drug-likeness (QED) is 0.803. The first-order valence-corrected chi connectivity index (χ1v) is 8.25. The van der Waals surface area contributed by atoms with E-state index in [0.717, 1.165) is 18.4 Å². The Morgan fingerprint density at radius 3 is 2.62 bits per heavy atom. The number of imide groups is 1. The molecule has 0 aromatic heterocycles. The normalized spacial score (nSPS) is 17.8. The van der Waals surface area contributed by atoms with Gasteiger partial charge in [-0.25, -0.2) is 4.79 Å². The lowest BCUT2D eigenvalue weighted by Crippen LogP contribution is -2.40. The SMILES string of the molecule is O=C(CCN1CC(=O)N(C2CC2)C1)NC(=O)NCc1ccccc1. The van der Waals surface area contributed by atoms with Crippen molar-refractivity contribution in [2.24, 2.45) is 0 Å². The van der Waals surface area contributed by atoms with Gasteiger partial charge in [-0.05, 0) is 18.4 Å². The molecule has 1 aromatic carbocycles. The second kappa shape index (κ2) is 7.44. The van der Waals surface area contributed by atoms with Crippen molar-refractivity contribution in [3.63, 3.8) is 0 Å². The number of nitrogens with zero attached hydrogens (tertiary/aromatic N) is 2. The molecule has 4 amide bonds. The van der Waals surface area contributed by atoms with Gasteiger partial charge >= 0.3 is 6.03 Å². The highest BCUT2D eigenvalue weighted by Gasteiger charge is 2.38. The largest absolute Gasteiger partial charge is 0.334 e. The fraction of sp³-hybridized carbons (Fsp3) is 0.471. The molecule has 2 fully saturated rings. The highest BCUT2D eigenvalue weighted by molar-refractivity contribution is 5.94. The van der Waals surface area contributed by atoms with Gasteiger partial charge in [-0.15, -0.1) is 0 Å². The van der Waals surface area contributed by atoms with E-state index < -0.39 is 6.03 Å². The Morgan fingerprint density at radius 2 is 1.92 bits per heavy atom. The molecule has 1 saturated carbocycles. The summed E-state index contributed by atoms with van der Waals surface area (Å²) in [7, 11) is 0. The summed E-state index contributed by atoms with van der Waals surface area (Å²) in [6, 6.07) is 9.39. The number of nitrogens with one attached hydrogen (secondary N) is 2. The molecule has 7 nitrogen and oxygen atoms in total. The highest BCUT2D eigenvalue weighted by atomic mass is 16.2. The summed E-state index contributed by atoms with van der Waals surface area (Å²) < 4.78 is 0. The Morgan fingerprint density at radius 1 is 1.17 bits per heavy atom. The molecule has 1 aliphatic heterocycles. The zero-order valence-electron chi connectivity index (χ0n) is 13.5. The molecule has 0 radical (unpaired) electrons. The van der Waals surface area contributed by atoms with E-state index in [1.54, 1.807) is 0 Å². The smallest absolute Gasteiger partial charge is 0.321 e. The maximum atomic E-state index is 11.8. The van der Waals surface area contributed by atoms with E-state index in [-0.39, 0.29) is 18.2 Å². The molecule has 0 atom stereocenters. The molecule has 0 unspecified atom stereocenters. The Kier molecular flexibility index (Phi) is 5.10. The van der Waals surface area contributed by atoms with E-state index in [9.17, 15) is 14.4 Å². The van der Waals surface area contributed by atoms with Crippen LogP contribution in [0.25, 0.3) is 0 Å².